The van der Waals surface area contributed by atoms with Crippen molar-refractivity contribution in [2.75, 3.05) is 0 Å². The third-order valence-electron chi connectivity index (χ3n) is 2.38. The molecule has 0 unspecified atom stereocenters. The number of halogens is 4. The third-order valence-corrected chi connectivity index (χ3v) is 2.77. The first kappa shape index (κ1) is 13.2. The lowest BCUT2D eigenvalue weighted by molar-refractivity contribution is 0.0426. The second-order valence-electron chi connectivity index (χ2n) is 3.76. The van der Waals surface area contributed by atoms with Crippen LogP contribution >= 0.6 is 23.2 Å². The van der Waals surface area contributed by atoms with Crippen LogP contribution < -0.4 is 0 Å². The molecule has 0 spiro atoms. The molecular weight excluding hydrogens is 281 g/mol. The molecule has 0 saturated heterocycles. The van der Waals surface area contributed by atoms with Crippen LogP contribution in [0.5, 0.6) is 0 Å². The van der Waals surface area contributed by atoms with Gasteiger partial charge in [-0.3, -0.25) is 4.98 Å². The van der Waals surface area contributed by atoms with Crippen LogP contribution in [0.2, 0.25) is 10.3 Å². The predicted molar refractivity (Wildman–Crippen MR) is 66.2 cm³/mol. The molecule has 2 rings (SSSR count). The van der Waals surface area contributed by atoms with Gasteiger partial charge in [-0.1, -0.05) is 23.2 Å². The molecule has 18 heavy (non-hydrogen) atoms. The van der Waals surface area contributed by atoms with Crippen molar-refractivity contribution in [2.45, 2.75) is 12.8 Å². The van der Waals surface area contributed by atoms with Crippen molar-refractivity contribution in [1.82, 2.24) is 9.97 Å². The van der Waals surface area contributed by atoms with Crippen molar-refractivity contribution in [3.63, 3.8) is 0 Å². The maximum absolute atomic E-state index is 14.3. The van der Waals surface area contributed by atoms with Gasteiger partial charge < -0.3 is 0 Å². The Hall–Kier alpha value is -1.26. The zero-order valence-electron chi connectivity index (χ0n) is 9.29. The maximum atomic E-state index is 14.3. The Labute approximate surface area is 113 Å². The normalized spacial score (nSPS) is 11.6. The number of nitrogens with zero attached hydrogens (tertiary/aromatic N) is 2. The first-order valence-electron chi connectivity index (χ1n) is 5.04. The quantitative estimate of drug-likeness (QED) is 0.773. The summed E-state index contributed by atoms with van der Waals surface area (Å²) in [7, 11) is 0. The van der Waals surface area contributed by atoms with E-state index in [1.165, 1.54) is 18.3 Å². The molecular formula is C12H8Cl2F2N2. The van der Waals surface area contributed by atoms with E-state index in [-0.39, 0.29) is 21.4 Å². The molecule has 0 fully saturated rings. The highest BCUT2D eigenvalue weighted by Crippen LogP contribution is 2.37. The Morgan fingerprint density at radius 3 is 2.22 bits per heavy atom. The topological polar surface area (TPSA) is 25.8 Å². The minimum atomic E-state index is -3.19. The van der Waals surface area contributed by atoms with E-state index in [9.17, 15) is 8.78 Å². The molecule has 0 saturated carbocycles. The molecule has 2 nitrogen and oxygen atoms in total. The molecule has 0 amide bonds. The summed E-state index contributed by atoms with van der Waals surface area (Å²) in [6.45, 7) is 1.64. The lowest BCUT2D eigenvalue weighted by Crippen LogP contribution is -2.16. The van der Waals surface area contributed by atoms with Gasteiger partial charge in [-0.15, -0.1) is 0 Å². The molecule has 0 N–H and O–H groups in total. The van der Waals surface area contributed by atoms with Gasteiger partial charge in [0, 0.05) is 23.0 Å². The Bertz CT molecular complexity index is 568. The van der Waals surface area contributed by atoms with Crippen molar-refractivity contribution in [3.8, 4) is 0 Å². The van der Waals surface area contributed by atoms with E-state index in [1.807, 2.05) is 0 Å². The van der Waals surface area contributed by atoms with Gasteiger partial charge >= 0.3 is 0 Å². The number of rotatable bonds is 2. The summed E-state index contributed by atoms with van der Waals surface area (Å²) in [6.07, 6.45) is 1.34. The van der Waals surface area contributed by atoms with E-state index >= 15 is 0 Å². The van der Waals surface area contributed by atoms with Gasteiger partial charge in [-0.25, -0.2) is 4.98 Å². The summed E-state index contributed by atoms with van der Waals surface area (Å²) in [5.41, 5.74) is 0.0601. The van der Waals surface area contributed by atoms with E-state index in [0.29, 0.717) is 5.69 Å². The van der Waals surface area contributed by atoms with Gasteiger partial charge in [0.2, 0.25) is 0 Å². The average Bonchev–Trinajstić information content (AvgIpc) is 2.27. The lowest BCUT2D eigenvalue weighted by atomic mass is 10.0. The van der Waals surface area contributed by atoms with Crippen LogP contribution in [0.1, 0.15) is 16.8 Å². The molecule has 0 aliphatic carbocycles. The highest BCUT2D eigenvalue weighted by Gasteiger charge is 2.35. The molecule has 2 aromatic heterocycles. The van der Waals surface area contributed by atoms with Crippen LogP contribution in [0.15, 0.2) is 30.5 Å². The summed E-state index contributed by atoms with van der Waals surface area (Å²) >= 11 is 11.3. The van der Waals surface area contributed by atoms with Gasteiger partial charge in [-0.05, 0) is 31.2 Å². The molecule has 0 aromatic carbocycles. The van der Waals surface area contributed by atoms with Crippen LogP contribution in [0.4, 0.5) is 8.78 Å². The standard InChI is InChI=1S/C12H8Cl2F2N2/c1-7-4-8(2-3-17-7)12(15,16)9-5-10(13)18-11(14)6-9/h2-6H,1H3. The van der Waals surface area contributed by atoms with Crippen molar-refractivity contribution < 1.29 is 8.78 Å². The SMILES string of the molecule is Cc1cc(C(F)(F)c2cc(Cl)nc(Cl)c2)ccn1. The Morgan fingerprint density at radius 1 is 1.06 bits per heavy atom. The lowest BCUT2D eigenvalue weighted by Gasteiger charge is -2.17. The molecule has 0 aliphatic rings. The molecule has 0 atom stereocenters. The maximum Gasteiger partial charge on any atom is 0.298 e. The zero-order valence-corrected chi connectivity index (χ0v) is 10.8. The monoisotopic (exact) mass is 288 g/mol. The van der Waals surface area contributed by atoms with E-state index in [4.69, 9.17) is 23.2 Å². The van der Waals surface area contributed by atoms with Crippen molar-refractivity contribution in [1.29, 1.82) is 0 Å². The number of aryl methyl sites for hydroxylation is 1. The first-order chi connectivity index (χ1) is 8.39. The summed E-state index contributed by atoms with van der Waals surface area (Å²) in [5, 5.41) is -0.133. The third kappa shape index (κ3) is 2.60. The zero-order chi connectivity index (χ0) is 13.3. The summed E-state index contributed by atoms with van der Waals surface area (Å²) in [6, 6.07) is 4.78. The highest BCUT2D eigenvalue weighted by atomic mass is 35.5. The Kier molecular flexibility index (Phi) is 3.50. The predicted octanol–water partition coefficient (Wildman–Crippen LogP) is 4.23. The van der Waals surface area contributed by atoms with Gasteiger partial charge in [0.15, 0.2) is 0 Å². The number of hydrogen-bond donors (Lipinski definition) is 0. The minimum Gasteiger partial charge on any atom is -0.262 e. The fourth-order valence-corrected chi connectivity index (χ4v) is 2.01. The van der Waals surface area contributed by atoms with Crippen LogP contribution in [0.25, 0.3) is 0 Å². The van der Waals surface area contributed by atoms with Crippen LogP contribution in [-0.2, 0) is 5.92 Å². The number of alkyl halides is 2. The largest absolute Gasteiger partial charge is 0.298 e. The summed E-state index contributed by atoms with van der Waals surface area (Å²) in [4.78, 5) is 7.53. The number of pyridine rings is 2. The second-order valence-corrected chi connectivity index (χ2v) is 4.54. The molecule has 6 heteroatoms. The summed E-state index contributed by atoms with van der Waals surface area (Å²) < 4.78 is 28.5. The van der Waals surface area contributed by atoms with Crippen LogP contribution in [-0.4, -0.2) is 9.97 Å². The molecule has 0 bridgehead atoms. The van der Waals surface area contributed by atoms with Crippen molar-refractivity contribution in [3.05, 3.63) is 57.6 Å². The number of aromatic nitrogens is 2. The Balaban J connectivity index is 2.53. The van der Waals surface area contributed by atoms with Crippen LogP contribution in [0, 0.1) is 6.92 Å². The fraction of sp³-hybridized carbons (Fsp3) is 0.167. The van der Waals surface area contributed by atoms with Crippen LogP contribution in [0.3, 0.4) is 0 Å². The smallest absolute Gasteiger partial charge is 0.262 e. The van der Waals surface area contributed by atoms with Gasteiger partial charge in [0.05, 0.1) is 0 Å². The fourth-order valence-electron chi connectivity index (χ4n) is 1.55. The average molecular weight is 289 g/mol. The molecule has 0 aliphatic heterocycles. The van der Waals surface area contributed by atoms with Crippen molar-refractivity contribution in [2.24, 2.45) is 0 Å². The Morgan fingerprint density at radius 2 is 1.67 bits per heavy atom. The van der Waals surface area contributed by atoms with Crippen molar-refractivity contribution >= 4 is 23.2 Å². The first-order valence-corrected chi connectivity index (χ1v) is 5.79. The van der Waals surface area contributed by atoms with Gasteiger partial charge in [0.25, 0.3) is 5.92 Å². The van der Waals surface area contributed by atoms with E-state index < -0.39 is 5.92 Å². The number of hydrogen-bond acceptors (Lipinski definition) is 2. The van der Waals surface area contributed by atoms with Gasteiger partial charge in [-0.2, -0.15) is 8.78 Å². The second kappa shape index (κ2) is 4.78. The highest BCUT2D eigenvalue weighted by molar-refractivity contribution is 6.32. The van der Waals surface area contributed by atoms with E-state index in [2.05, 4.69) is 9.97 Å². The molecule has 2 heterocycles. The van der Waals surface area contributed by atoms with E-state index in [1.54, 1.807) is 6.92 Å². The van der Waals surface area contributed by atoms with Gasteiger partial charge in [0.1, 0.15) is 10.3 Å². The minimum absolute atomic E-state index is 0.0667. The molecule has 0 radical (unpaired) electrons. The van der Waals surface area contributed by atoms with E-state index in [0.717, 1.165) is 12.1 Å². The molecule has 2 aromatic rings. The molecule has 94 valence electrons. The summed E-state index contributed by atoms with van der Waals surface area (Å²) in [5.74, 6) is -3.19.